The van der Waals surface area contributed by atoms with Gasteiger partial charge in [-0.2, -0.15) is 0 Å². The number of benzene rings is 1. The van der Waals surface area contributed by atoms with Gasteiger partial charge in [-0.3, -0.25) is 19.7 Å². The molecule has 0 aliphatic carbocycles. The first-order valence-electron chi connectivity index (χ1n) is 11.0. The smallest absolute Gasteiger partial charge is 0.303 e. The zero-order valence-electron chi connectivity index (χ0n) is 18.5. The lowest BCUT2D eigenvalue weighted by molar-refractivity contribution is -0.142. The molecule has 4 aromatic rings. The van der Waals surface area contributed by atoms with E-state index in [1.54, 1.807) is 12.4 Å². The molecule has 1 aliphatic rings. The summed E-state index contributed by atoms with van der Waals surface area (Å²) in [4.78, 5) is 29.5. The summed E-state index contributed by atoms with van der Waals surface area (Å²) in [6.07, 6.45) is 7.66. The van der Waals surface area contributed by atoms with Gasteiger partial charge in [0.05, 0.1) is 40.9 Å². The normalized spacial score (nSPS) is 18.6. The molecule has 2 atom stereocenters. The summed E-state index contributed by atoms with van der Waals surface area (Å²) in [5, 5.41) is 1.65. The van der Waals surface area contributed by atoms with Gasteiger partial charge in [0.25, 0.3) is 0 Å². The Morgan fingerprint density at radius 3 is 2.76 bits per heavy atom. The maximum Gasteiger partial charge on any atom is 0.303 e. The van der Waals surface area contributed by atoms with Gasteiger partial charge < -0.3 is 14.0 Å². The summed E-state index contributed by atoms with van der Waals surface area (Å²) in [5.41, 5.74) is 4.14. The van der Waals surface area contributed by atoms with Gasteiger partial charge in [-0.25, -0.2) is 4.98 Å². The van der Waals surface area contributed by atoms with E-state index in [1.165, 1.54) is 6.92 Å². The Morgan fingerprint density at radius 1 is 1.18 bits per heavy atom. The van der Waals surface area contributed by atoms with Gasteiger partial charge in [-0.15, -0.1) is 0 Å². The number of pyridine rings is 1. The first-order chi connectivity index (χ1) is 16.0. The molecular weight excluding hydrogens is 442 g/mol. The third-order valence-corrected chi connectivity index (χ3v) is 6.13. The van der Waals surface area contributed by atoms with E-state index in [4.69, 9.17) is 26.1 Å². The molecule has 0 unspecified atom stereocenters. The van der Waals surface area contributed by atoms with Gasteiger partial charge in [0.2, 0.25) is 0 Å². The van der Waals surface area contributed by atoms with E-state index < -0.39 is 0 Å². The molecule has 8 nitrogen and oxygen atoms in total. The molecule has 3 aromatic heterocycles. The predicted molar refractivity (Wildman–Crippen MR) is 124 cm³/mol. The van der Waals surface area contributed by atoms with Gasteiger partial charge >= 0.3 is 5.97 Å². The van der Waals surface area contributed by atoms with E-state index in [9.17, 15) is 4.79 Å². The van der Waals surface area contributed by atoms with Crippen molar-refractivity contribution < 1.29 is 14.3 Å². The molecular formula is C24H24ClN5O3. The minimum atomic E-state index is -0.346. The standard InChI is InChI=1S/C24H24ClN5O3/c1-14-7-19(5-6-32-14)30-23(9-17-10-27-18(11-26-17)13-33-15(2)31)29-22-12-28-21-4-3-16(25)8-20(21)24(22)30/h3-4,8,10-12,14,19H,5-7,9,13H2,1-2H3/t14-,19-/m1/s1. The molecule has 9 heteroatoms. The molecule has 0 spiro atoms. The van der Waals surface area contributed by atoms with E-state index in [0.29, 0.717) is 23.7 Å². The first-order valence-corrected chi connectivity index (χ1v) is 11.4. The second-order valence-corrected chi connectivity index (χ2v) is 8.80. The number of hydrogen-bond donors (Lipinski definition) is 0. The minimum Gasteiger partial charge on any atom is -0.459 e. The highest BCUT2D eigenvalue weighted by atomic mass is 35.5. The van der Waals surface area contributed by atoms with Crippen LogP contribution in [0, 0.1) is 0 Å². The van der Waals surface area contributed by atoms with Crippen molar-refractivity contribution in [1.82, 2.24) is 24.5 Å². The Hall–Kier alpha value is -3.10. The molecule has 0 amide bonds. The number of fused-ring (bicyclic) bond motifs is 3. The predicted octanol–water partition coefficient (Wildman–Crippen LogP) is 4.42. The summed E-state index contributed by atoms with van der Waals surface area (Å²) in [7, 11) is 0. The maximum atomic E-state index is 11.0. The summed E-state index contributed by atoms with van der Waals surface area (Å²) in [6, 6.07) is 6.00. The average Bonchev–Trinajstić information content (AvgIpc) is 3.17. The third kappa shape index (κ3) is 4.54. The minimum absolute atomic E-state index is 0.111. The molecule has 1 saturated heterocycles. The van der Waals surface area contributed by atoms with Crippen LogP contribution in [0.4, 0.5) is 0 Å². The van der Waals surface area contributed by atoms with Crippen molar-refractivity contribution in [3.63, 3.8) is 0 Å². The summed E-state index contributed by atoms with van der Waals surface area (Å²) in [6.45, 7) is 4.29. The van der Waals surface area contributed by atoms with Crippen LogP contribution in [0.3, 0.4) is 0 Å². The van der Waals surface area contributed by atoms with Crippen LogP contribution in [0.1, 0.15) is 49.9 Å². The third-order valence-electron chi connectivity index (χ3n) is 5.89. The molecule has 1 fully saturated rings. The summed E-state index contributed by atoms with van der Waals surface area (Å²) < 4.78 is 13.1. The Morgan fingerprint density at radius 2 is 2.00 bits per heavy atom. The number of imidazole rings is 1. The number of hydrogen-bond acceptors (Lipinski definition) is 7. The van der Waals surface area contributed by atoms with Crippen LogP contribution >= 0.6 is 11.6 Å². The van der Waals surface area contributed by atoms with Crippen LogP contribution in [-0.2, 0) is 27.3 Å². The lowest BCUT2D eigenvalue weighted by atomic mass is 10.0. The topological polar surface area (TPSA) is 92.0 Å². The number of carbonyl (C=O) groups excluding carboxylic acids is 1. The van der Waals surface area contributed by atoms with E-state index >= 15 is 0 Å². The van der Waals surface area contributed by atoms with Gasteiger partial charge in [-0.05, 0) is 38.0 Å². The molecule has 33 heavy (non-hydrogen) atoms. The largest absolute Gasteiger partial charge is 0.459 e. The Balaban J connectivity index is 1.57. The van der Waals surface area contributed by atoms with Crippen molar-refractivity contribution in [3.05, 3.63) is 59.0 Å². The van der Waals surface area contributed by atoms with Crippen LogP contribution in [0.2, 0.25) is 5.02 Å². The first kappa shape index (κ1) is 21.7. The Kier molecular flexibility index (Phi) is 5.95. The molecule has 4 heterocycles. The van der Waals surface area contributed by atoms with Crippen molar-refractivity contribution in [2.24, 2.45) is 0 Å². The van der Waals surface area contributed by atoms with E-state index in [-0.39, 0.29) is 24.7 Å². The molecule has 0 N–H and O–H groups in total. The molecule has 5 rings (SSSR count). The van der Waals surface area contributed by atoms with Crippen LogP contribution < -0.4 is 0 Å². The maximum absolute atomic E-state index is 11.0. The second kappa shape index (κ2) is 9.03. The van der Waals surface area contributed by atoms with Crippen LogP contribution in [0.25, 0.3) is 21.9 Å². The monoisotopic (exact) mass is 465 g/mol. The van der Waals surface area contributed by atoms with E-state index in [1.807, 2.05) is 24.4 Å². The summed E-state index contributed by atoms with van der Waals surface area (Å²) in [5.74, 6) is 0.557. The van der Waals surface area contributed by atoms with Crippen LogP contribution in [0.5, 0.6) is 0 Å². The lowest BCUT2D eigenvalue weighted by Gasteiger charge is -2.30. The molecule has 1 aliphatic heterocycles. The number of carbonyl (C=O) groups is 1. The fourth-order valence-electron chi connectivity index (χ4n) is 4.41. The fourth-order valence-corrected chi connectivity index (χ4v) is 4.58. The second-order valence-electron chi connectivity index (χ2n) is 8.37. The highest BCUT2D eigenvalue weighted by Gasteiger charge is 2.26. The van der Waals surface area contributed by atoms with Crippen LogP contribution in [-0.4, -0.2) is 43.2 Å². The fraction of sp³-hybridized carbons (Fsp3) is 0.375. The molecule has 0 saturated carbocycles. The molecule has 0 bridgehead atoms. The van der Waals surface area contributed by atoms with Crippen molar-refractivity contribution in [3.8, 4) is 0 Å². The lowest BCUT2D eigenvalue weighted by Crippen LogP contribution is -2.26. The zero-order chi connectivity index (χ0) is 22.9. The van der Waals surface area contributed by atoms with Crippen molar-refractivity contribution in [2.45, 2.75) is 51.9 Å². The number of aromatic nitrogens is 5. The van der Waals surface area contributed by atoms with Gasteiger partial charge in [0, 0.05) is 42.6 Å². The van der Waals surface area contributed by atoms with E-state index in [2.05, 4.69) is 26.4 Å². The molecule has 1 aromatic carbocycles. The summed E-state index contributed by atoms with van der Waals surface area (Å²) >= 11 is 6.35. The molecule has 0 radical (unpaired) electrons. The Labute approximate surface area is 195 Å². The van der Waals surface area contributed by atoms with E-state index in [0.717, 1.165) is 46.3 Å². The quantitative estimate of drug-likeness (QED) is 0.403. The van der Waals surface area contributed by atoms with Gasteiger partial charge in [0.1, 0.15) is 17.9 Å². The average molecular weight is 466 g/mol. The van der Waals surface area contributed by atoms with Crippen molar-refractivity contribution >= 4 is 39.5 Å². The van der Waals surface area contributed by atoms with Crippen LogP contribution in [0.15, 0.2) is 36.8 Å². The van der Waals surface area contributed by atoms with Gasteiger partial charge in [-0.1, -0.05) is 11.6 Å². The van der Waals surface area contributed by atoms with Crippen molar-refractivity contribution in [1.29, 1.82) is 0 Å². The number of ether oxygens (including phenoxy) is 2. The zero-order valence-corrected chi connectivity index (χ0v) is 19.2. The highest BCUT2D eigenvalue weighted by molar-refractivity contribution is 6.31. The number of rotatable bonds is 5. The number of esters is 1. The number of nitrogens with zero attached hydrogens (tertiary/aromatic N) is 5. The van der Waals surface area contributed by atoms with Gasteiger partial charge in [0.15, 0.2) is 0 Å². The molecule has 170 valence electrons. The SMILES string of the molecule is CC(=O)OCc1cnc(Cc2nc3cnc4ccc(Cl)cc4c3n2[C@@H]2CCO[C@H](C)C2)cn1. The number of halogens is 1. The Bertz CT molecular complexity index is 1320. The highest BCUT2D eigenvalue weighted by Crippen LogP contribution is 2.34. The van der Waals surface area contributed by atoms with Crippen molar-refractivity contribution in [2.75, 3.05) is 6.61 Å².